The van der Waals surface area contributed by atoms with E-state index < -0.39 is 78.2 Å². The Kier molecular flexibility index (Phi) is 12.4. The number of aliphatic hydroxyl groups is 2. The number of hydrogen-bond donors (Lipinski definition) is 4. The molecule has 13 nitrogen and oxygen atoms in total. The van der Waals surface area contributed by atoms with Crippen LogP contribution in [-0.2, 0) is 38.1 Å². The fourth-order valence-corrected chi connectivity index (χ4v) is 10.8. The number of rotatable bonds is 14. The van der Waals surface area contributed by atoms with Crippen molar-refractivity contribution in [3.8, 4) is 0 Å². The minimum atomic E-state index is -1.39. The molecule has 7 aliphatic rings. The Labute approximate surface area is 366 Å². The Morgan fingerprint density at radius 1 is 0.984 bits per heavy atom. The van der Waals surface area contributed by atoms with Crippen LogP contribution < -0.4 is 10.6 Å². The van der Waals surface area contributed by atoms with Gasteiger partial charge in [-0.25, -0.2) is 4.79 Å². The zero-order chi connectivity index (χ0) is 44.4. The van der Waals surface area contributed by atoms with Crippen LogP contribution in [0, 0.1) is 29.1 Å². The van der Waals surface area contributed by atoms with Gasteiger partial charge in [-0.1, -0.05) is 37.6 Å². The Morgan fingerprint density at radius 2 is 1.71 bits per heavy atom. The Hall–Kier alpha value is -3.62. The smallest absolute Gasteiger partial charge is 0.338 e. The molecule has 6 fully saturated rings. The normalized spacial score (nSPS) is 33.0. The topological polar surface area (TPSA) is 182 Å². The van der Waals surface area contributed by atoms with E-state index in [1.807, 2.05) is 18.2 Å². The first kappa shape index (κ1) is 45.0. The predicted molar refractivity (Wildman–Crippen MR) is 229 cm³/mol. The third kappa shape index (κ3) is 9.72. The van der Waals surface area contributed by atoms with Crippen molar-refractivity contribution in [2.24, 2.45) is 29.1 Å². The van der Waals surface area contributed by atoms with Gasteiger partial charge in [-0.2, -0.15) is 0 Å². The highest BCUT2D eigenvalue weighted by atomic mass is 16.8. The zero-order valence-electron chi connectivity index (χ0n) is 37.6. The first-order valence-electron chi connectivity index (χ1n) is 23.1. The lowest BCUT2D eigenvalue weighted by Gasteiger charge is -2.53. The maximum Gasteiger partial charge on any atom is 0.338 e. The van der Waals surface area contributed by atoms with E-state index in [1.54, 1.807) is 32.9 Å². The van der Waals surface area contributed by atoms with E-state index in [9.17, 15) is 29.4 Å². The summed E-state index contributed by atoms with van der Waals surface area (Å²) in [5.74, 6) is -1.61. The van der Waals surface area contributed by atoms with Gasteiger partial charge in [0.1, 0.15) is 30.0 Å². The van der Waals surface area contributed by atoms with Gasteiger partial charge in [-0.05, 0) is 140 Å². The number of nitrogens with one attached hydrogen (secondary N) is 2. The third-order valence-electron chi connectivity index (χ3n) is 14.6. The average molecular weight is 861 g/mol. The van der Waals surface area contributed by atoms with E-state index in [0.717, 1.165) is 63.4 Å². The number of hydrogen-bond acceptors (Lipinski definition) is 11. The Balaban J connectivity index is 0.975. The number of aliphatic hydroxyl groups excluding tert-OH is 2. The summed E-state index contributed by atoms with van der Waals surface area (Å²) in [5, 5.41) is 26.0. The monoisotopic (exact) mass is 860 g/mol. The number of carbonyl (C=O) groups is 4. The fourth-order valence-electron chi connectivity index (χ4n) is 10.8. The van der Waals surface area contributed by atoms with Crippen LogP contribution in [0.1, 0.15) is 141 Å². The molecule has 0 spiro atoms. The summed E-state index contributed by atoms with van der Waals surface area (Å²) in [6.45, 7) is 13.2. The largest absolute Gasteiger partial charge is 0.460 e. The van der Waals surface area contributed by atoms with Gasteiger partial charge in [-0.3, -0.25) is 14.4 Å². The summed E-state index contributed by atoms with van der Waals surface area (Å²) in [6.07, 6.45) is 10.1. The Bertz CT molecular complexity index is 1950. The van der Waals surface area contributed by atoms with E-state index >= 15 is 0 Å². The molecule has 1 unspecified atom stereocenters. The standard InChI is InChI=1S/C49H68N2O11/c1-27(53)41(44(56)50-34(26-52)16-18-40(54)61-46(2,3)4)51-43(55)31-23-37(42-38(24-31)59-49(62-42,32-12-13-32)33-14-15-33)58-45(57)30-10-8-9-28(22-30)21-29-11-17-39-48(7,60-39)20-19-36-35(29)25-47(36,5)6/h8-10,21-22,24,27,32-39,41-42,52-53H,11-20,23,25-26H2,1-7H3,(H,50,56)(H,51,55)/t27-,34-,35+,36+,37+,38+,39?,41+,42-,48+/m0/s1. The first-order chi connectivity index (χ1) is 29.3. The van der Waals surface area contributed by atoms with E-state index in [2.05, 4.69) is 37.5 Å². The summed E-state index contributed by atoms with van der Waals surface area (Å²) in [6, 6.07) is 5.32. The number of fused-ring (bicyclic) bond motifs is 3. The van der Waals surface area contributed by atoms with Crippen molar-refractivity contribution in [2.45, 2.75) is 185 Å². The van der Waals surface area contributed by atoms with Crippen molar-refractivity contribution in [1.29, 1.82) is 0 Å². The highest BCUT2D eigenvalue weighted by Gasteiger charge is 2.65. The summed E-state index contributed by atoms with van der Waals surface area (Å²) in [5.41, 5.74) is 2.59. The van der Waals surface area contributed by atoms with Gasteiger partial charge in [0.25, 0.3) is 0 Å². The van der Waals surface area contributed by atoms with Crippen LogP contribution in [0.25, 0.3) is 6.08 Å². The minimum absolute atomic E-state index is 0.00156. The lowest BCUT2D eigenvalue weighted by atomic mass is 9.52. The molecule has 62 heavy (non-hydrogen) atoms. The van der Waals surface area contributed by atoms with Gasteiger partial charge in [0, 0.05) is 30.3 Å². The zero-order valence-corrected chi connectivity index (χ0v) is 37.6. The van der Waals surface area contributed by atoms with Gasteiger partial charge < -0.3 is 44.5 Å². The molecular formula is C49H68N2O11. The molecule has 340 valence electrons. The van der Waals surface area contributed by atoms with Crippen molar-refractivity contribution >= 4 is 29.8 Å². The fraction of sp³-hybridized carbons (Fsp3) is 0.714. The SMILES string of the molecule is C[C@H](O)[C@@H](NC(=O)C1=C[C@H]2OC(C3CC3)(C3CC3)O[C@H]2[C@H](OC(=O)c2cccc(C=C3CCC4O[C@]4(C)CC[C@@H]4[C@@H]3CC4(C)C)c2)C1)C(=O)N[C@H](CO)CCC(=O)OC(C)(C)C. The van der Waals surface area contributed by atoms with Gasteiger partial charge in [0.15, 0.2) is 5.79 Å². The molecule has 0 aromatic heterocycles. The number of benzene rings is 1. The number of allylic oxidation sites excluding steroid dienone is 1. The molecule has 8 rings (SSSR count). The van der Waals surface area contributed by atoms with Crippen LogP contribution in [0.5, 0.6) is 0 Å². The van der Waals surface area contributed by atoms with E-state index in [0.29, 0.717) is 23.5 Å². The summed E-state index contributed by atoms with van der Waals surface area (Å²) in [7, 11) is 0. The predicted octanol–water partition coefficient (Wildman–Crippen LogP) is 6.08. The average Bonchev–Trinajstić information content (AvgIpc) is 4.12. The molecule has 13 heteroatoms. The molecule has 0 bridgehead atoms. The molecule has 2 aliphatic heterocycles. The molecule has 4 saturated carbocycles. The van der Waals surface area contributed by atoms with Crippen molar-refractivity contribution < 1.29 is 53.1 Å². The molecule has 2 heterocycles. The lowest BCUT2D eigenvalue weighted by Crippen LogP contribution is -2.55. The van der Waals surface area contributed by atoms with E-state index in [4.69, 9.17) is 23.7 Å². The third-order valence-corrected chi connectivity index (χ3v) is 14.6. The molecular weight excluding hydrogens is 793 g/mol. The maximum atomic E-state index is 14.2. The maximum absolute atomic E-state index is 14.2. The van der Waals surface area contributed by atoms with Crippen molar-refractivity contribution in [3.63, 3.8) is 0 Å². The van der Waals surface area contributed by atoms with Crippen LogP contribution >= 0.6 is 0 Å². The molecule has 1 aromatic carbocycles. The quantitative estimate of drug-likeness (QED) is 0.126. The van der Waals surface area contributed by atoms with Crippen molar-refractivity contribution in [3.05, 3.63) is 52.6 Å². The second-order valence-corrected chi connectivity index (χ2v) is 21.2. The van der Waals surface area contributed by atoms with Crippen LogP contribution in [-0.4, -0.2) is 100 Å². The lowest BCUT2D eigenvalue weighted by molar-refractivity contribution is -0.209. The van der Waals surface area contributed by atoms with Gasteiger partial charge in [0.05, 0.1) is 36.0 Å². The van der Waals surface area contributed by atoms with Crippen LogP contribution in [0.4, 0.5) is 0 Å². The molecule has 4 N–H and O–H groups in total. The van der Waals surface area contributed by atoms with Crippen molar-refractivity contribution in [2.75, 3.05) is 6.61 Å². The Morgan fingerprint density at radius 3 is 2.35 bits per heavy atom. The number of esters is 2. The number of epoxide rings is 1. The van der Waals surface area contributed by atoms with Crippen molar-refractivity contribution in [1.82, 2.24) is 10.6 Å². The molecule has 2 amide bonds. The first-order valence-corrected chi connectivity index (χ1v) is 23.1. The van der Waals surface area contributed by atoms with E-state index in [-0.39, 0.29) is 47.7 Å². The van der Waals surface area contributed by atoms with E-state index in [1.165, 1.54) is 12.5 Å². The summed E-state index contributed by atoms with van der Waals surface area (Å²) < 4.78 is 31.4. The molecule has 10 atom stereocenters. The highest BCUT2D eigenvalue weighted by Crippen LogP contribution is 2.61. The second-order valence-electron chi connectivity index (χ2n) is 21.2. The van der Waals surface area contributed by atoms with Gasteiger partial charge in [-0.15, -0.1) is 0 Å². The van der Waals surface area contributed by atoms with Crippen LogP contribution in [0.3, 0.4) is 0 Å². The van der Waals surface area contributed by atoms with Crippen LogP contribution in [0.15, 0.2) is 41.5 Å². The minimum Gasteiger partial charge on any atom is -0.460 e. The van der Waals surface area contributed by atoms with Gasteiger partial charge in [0.2, 0.25) is 11.8 Å². The van der Waals surface area contributed by atoms with Crippen LogP contribution in [0.2, 0.25) is 0 Å². The number of amides is 2. The number of carbonyl (C=O) groups excluding carboxylic acids is 4. The second kappa shape index (κ2) is 17.1. The summed E-state index contributed by atoms with van der Waals surface area (Å²) in [4.78, 5) is 54.0. The molecule has 0 radical (unpaired) electrons. The molecule has 2 saturated heterocycles. The summed E-state index contributed by atoms with van der Waals surface area (Å²) >= 11 is 0. The molecule has 5 aliphatic carbocycles. The highest BCUT2D eigenvalue weighted by molar-refractivity contribution is 5.98. The molecule has 1 aromatic rings. The van der Waals surface area contributed by atoms with Gasteiger partial charge >= 0.3 is 11.9 Å². The number of ether oxygens (including phenoxy) is 5.